The van der Waals surface area contributed by atoms with Gasteiger partial charge in [0.15, 0.2) is 0 Å². The van der Waals surface area contributed by atoms with Gasteiger partial charge in [-0.3, -0.25) is 0 Å². The topological polar surface area (TPSA) is 20.2 Å². The molecule has 5 aliphatic carbocycles. The lowest BCUT2D eigenvalue weighted by Gasteiger charge is -2.70. The van der Waals surface area contributed by atoms with Gasteiger partial charge in [0.25, 0.3) is 0 Å². The fraction of sp³-hybridized carbons (Fsp3) is 0.926. The summed E-state index contributed by atoms with van der Waals surface area (Å²) in [6.07, 6.45) is 17.5. The zero-order chi connectivity index (χ0) is 19.7. The fourth-order valence-electron chi connectivity index (χ4n) is 9.71. The van der Waals surface area contributed by atoms with Crippen molar-refractivity contribution < 1.29 is 5.11 Å². The monoisotopic (exact) mass is 384 g/mol. The Labute approximate surface area is 173 Å². The molecule has 0 aromatic carbocycles. The van der Waals surface area contributed by atoms with Gasteiger partial charge >= 0.3 is 0 Å². The van der Waals surface area contributed by atoms with Crippen LogP contribution in [-0.2, 0) is 0 Å². The van der Waals surface area contributed by atoms with Crippen LogP contribution in [0.2, 0.25) is 0 Å². The van der Waals surface area contributed by atoms with Gasteiger partial charge in [-0.1, -0.05) is 58.6 Å². The predicted octanol–water partition coefficient (Wildman–Crippen LogP) is 7.00. The van der Waals surface area contributed by atoms with Crippen LogP contribution in [-0.4, -0.2) is 11.2 Å². The molecule has 1 heteroatoms. The molecule has 0 aromatic heterocycles. The van der Waals surface area contributed by atoms with Crippen molar-refractivity contribution in [2.75, 3.05) is 0 Å². The molecule has 9 unspecified atom stereocenters. The van der Waals surface area contributed by atoms with E-state index in [0.29, 0.717) is 10.8 Å². The molecule has 1 N–H and O–H groups in total. The molecule has 5 rings (SSSR count). The second-order valence-electron chi connectivity index (χ2n) is 12.5. The van der Waals surface area contributed by atoms with Crippen molar-refractivity contribution in [3.63, 3.8) is 0 Å². The molecule has 4 fully saturated rings. The highest BCUT2D eigenvalue weighted by Gasteiger charge is 2.68. The Morgan fingerprint density at radius 3 is 2.71 bits per heavy atom. The van der Waals surface area contributed by atoms with Gasteiger partial charge in [0.2, 0.25) is 0 Å². The van der Waals surface area contributed by atoms with Crippen molar-refractivity contribution in [1.29, 1.82) is 0 Å². The normalized spacial score (nSPS) is 50.3. The Morgan fingerprint density at radius 1 is 1.11 bits per heavy atom. The summed E-state index contributed by atoms with van der Waals surface area (Å²) in [4.78, 5) is 0. The summed E-state index contributed by atoms with van der Waals surface area (Å²) in [5.41, 5.74) is 2.84. The summed E-state index contributed by atoms with van der Waals surface area (Å²) in [6.45, 7) is 10.1. The molecule has 4 saturated carbocycles. The number of aliphatic hydroxyl groups is 1. The van der Waals surface area contributed by atoms with Crippen LogP contribution in [0.25, 0.3) is 0 Å². The average Bonchev–Trinajstić information content (AvgIpc) is 2.97. The molecule has 0 saturated heterocycles. The summed E-state index contributed by atoms with van der Waals surface area (Å²) in [7, 11) is 0. The number of hydrogen-bond donors (Lipinski definition) is 1. The highest BCUT2D eigenvalue weighted by molar-refractivity contribution is 5.32. The summed E-state index contributed by atoms with van der Waals surface area (Å²) in [5, 5.41) is 10.2. The molecule has 0 aromatic rings. The molecule has 0 radical (unpaired) electrons. The number of aliphatic hydroxyl groups excluding tert-OH is 1. The summed E-state index contributed by atoms with van der Waals surface area (Å²) in [6, 6.07) is 0. The van der Waals surface area contributed by atoms with Gasteiger partial charge in [-0.15, -0.1) is 0 Å². The molecule has 9 atom stereocenters. The number of allylic oxidation sites excluding steroid dienone is 1. The summed E-state index contributed by atoms with van der Waals surface area (Å²) >= 11 is 0. The SMILES string of the molecule is CC(C)CCCC(C)C1CCC2C3CC=C4CC(O)CCC45CC(CC12C)C35. The van der Waals surface area contributed by atoms with Crippen LogP contribution in [0, 0.1) is 52.3 Å². The van der Waals surface area contributed by atoms with Gasteiger partial charge in [0.1, 0.15) is 0 Å². The van der Waals surface area contributed by atoms with Gasteiger partial charge in [-0.2, -0.15) is 0 Å². The Balaban J connectivity index is 1.34. The van der Waals surface area contributed by atoms with E-state index in [1.54, 1.807) is 5.57 Å². The maximum atomic E-state index is 10.2. The molecule has 0 aliphatic heterocycles. The number of fused-ring (bicyclic) bond motifs is 2. The summed E-state index contributed by atoms with van der Waals surface area (Å²) < 4.78 is 0. The third kappa shape index (κ3) is 2.74. The third-order valence-corrected chi connectivity index (χ3v) is 10.7. The van der Waals surface area contributed by atoms with Crippen LogP contribution in [0.5, 0.6) is 0 Å². The van der Waals surface area contributed by atoms with Crippen molar-refractivity contribution in [1.82, 2.24) is 0 Å². The van der Waals surface area contributed by atoms with Gasteiger partial charge in [0, 0.05) is 0 Å². The molecular weight excluding hydrogens is 340 g/mol. The van der Waals surface area contributed by atoms with Gasteiger partial charge in [-0.05, 0) is 104 Å². The van der Waals surface area contributed by atoms with Crippen LogP contribution in [0.3, 0.4) is 0 Å². The second-order valence-corrected chi connectivity index (χ2v) is 12.5. The van der Waals surface area contributed by atoms with E-state index in [2.05, 4.69) is 33.8 Å². The van der Waals surface area contributed by atoms with E-state index in [0.717, 1.165) is 54.3 Å². The molecule has 5 aliphatic rings. The Hall–Kier alpha value is -0.300. The van der Waals surface area contributed by atoms with Crippen molar-refractivity contribution in [3.05, 3.63) is 11.6 Å². The molecule has 1 spiro atoms. The van der Waals surface area contributed by atoms with Crippen molar-refractivity contribution in [2.24, 2.45) is 52.3 Å². The number of rotatable bonds is 5. The standard InChI is InChI=1S/C27H44O/c1-17(2)6-5-7-18(3)23-10-11-24-22-9-8-20-14-21(28)12-13-27(20)16-19(25(22)27)15-26(23,24)4/h8,17-19,21-25,28H,5-7,9-16H2,1-4H3. The molecule has 0 heterocycles. The minimum atomic E-state index is -0.0520. The first-order chi connectivity index (χ1) is 13.3. The zero-order valence-corrected chi connectivity index (χ0v) is 18.9. The van der Waals surface area contributed by atoms with Crippen LogP contribution in [0.4, 0.5) is 0 Å². The van der Waals surface area contributed by atoms with E-state index in [9.17, 15) is 5.11 Å². The first-order valence-corrected chi connectivity index (χ1v) is 12.7. The minimum absolute atomic E-state index is 0.0520. The van der Waals surface area contributed by atoms with Crippen LogP contribution in [0.15, 0.2) is 11.6 Å². The van der Waals surface area contributed by atoms with Crippen molar-refractivity contribution in [2.45, 2.75) is 104 Å². The van der Waals surface area contributed by atoms with Gasteiger partial charge in [-0.25, -0.2) is 0 Å². The first-order valence-electron chi connectivity index (χ1n) is 12.7. The minimum Gasteiger partial charge on any atom is -0.393 e. The third-order valence-electron chi connectivity index (χ3n) is 10.7. The highest BCUT2D eigenvalue weighted by atomic mass is 16.3. The van der Waals surface area contributed by atoms with Gasteiger partial charge in [0.05, 0.1) is 6.10 Å². The maximum Gasteiger partial charge on any atom is 0.0577 e. The van der Waals surface area contributed by atoms with Crippen molar-refractivity contribution in [3.8, 4) is 0 Å². The van der Waals surface area contributed by atoms with Crippen molar-refractivity contribution >= 4 is 0 Å². The van der Waals surface area contributed by atoms with E-state index < -0.39 is 0 Å². The molecule has 0 amide bonds. The lowest BCUT2D eigenvalue weighted by molar-refractivity contribution is -0.174. The molecule has 28 heavy (non-hydrogen) atoms. The van der Waals surface area contributed by atoms with Crippen LogP contribution in [0.1, 0.15) is 98.3 Å². The Kier molecular flexibility index (Phi) is 4.81. The van der Waals surface area contributed by atoms with Crippen LogP contribution < -0.4 is 0 Å². The van der Waals surface area contributed by atoms with E-state index in [4.69, 9.17) is 0 Å². The predicted molar refractivity (Wildman–Crippen MR) is 117 cm³/mol. The van der Waals surface area contributed by atoms with E-state index in [1.807, 2.05) is 0 Å². The molecule has 0 bridgehead atoms. The Morgan fingerprint density at radius 2 is 1.93 bits per heavy atom. The quantitative estimate of drug-likeness (QED) is 0.506. The number of hydrogen-bond acceptors (Lipinski definition) is 1. The van der Waals surface area contributed by atoms with Crippen LogP contribution >= 0.6 is 0 Å². The molecule has 1 nitrogen and oxygen atoms in total. The molecule has 158 valence electrons. The molecular formula is C27H44O. The fourth-order valence-corrected chi connectivity index (χ4v) is 9.71. The van der Waals surface area contributed by atoms with E-state index in [-0.39, 0.29) is 6.10 Å². The lowest BCUT2D eigenvalue weighted by atomic mass is 9.35. The van der Waals surface area contributed by atoms with Gasteiger partial charge < -0.3 is 5.11 Å². The largest absolute Gasteiger partial charge is 0.393 e. The first kappa shape index (κ1) is 19.7. The summed E-state index contributed by atoms with van der Waals surface area (Å²) in [5.74, 6) is 6.66. The van der Waals surface area contributed by atoms with E-state index in [1.165, 1.54) is 57.8 Å². The average molecular weight is 385 g/mol. The zero-order valence-electron chi connectivity index (χ0n) is 18.9. The highest BCUT2D eigenvalue weighted by Crippen LogP contribution is 2.75. The smallest absolute Gasteiger partial charge is 0.0577 e. The Bertz CT molecular complexity index is 634. The maximum absolute atomic E-state index is 10.2. The second kappa shape index (κ2) is 6.86. The lowest BCUT2D eigenvalue weighted by Crippen LogP contribution is -2.62. The van der Waals surface area contributed by atoms with E-state index >= 15 is 0 Å².